The van der Waals surface area contributed by atoms with Gasteiger partial charge in [0.1, 0.15) is 10.6 Å². The Morgan fingerprint density at radius 1 is 1.36 bits per heavy atom. The second-order valence-electron chi connectivity index (χ2n) is 5.97. The van der Waals surface area contributed by atoms with Crippen molar-refractivity contribution >= 4 is 34.8 Å². The van der Waals surface area contributed by atoms with Crippen molar-refractivity contribution in [3.05, 3.63) is 44.9 Å². The number of rotatable bonds is 3. The van der Waals surface area contributed by atoms with Crippen LogP contribution in [0.1, 0.15) is 38.6 Å². The molecule has 8 heteroatoms. The van der Waals surface area contributed by atoms with Crippen molar-refractivity contribution in [2.45, 2.75) is 25.8 Å². The number of halogens is 1. The fraction of sp³-hybridized carbons (Fsp3) is 0.353. The molecular weight excluding hydrogens is 362 g/mol. The number of nitrogens with one attached hydrogen (secondary N) is 1. The van der Waals surface area contributed by atoms with E-state index >= 15 is 0 Å². The largest absolute Gasteiger partial charge is 0.506 e. The second kappa shape index (κ2) is 7.41. The van der Waals surface area contributed by atoms with Gasteiger partial charge in [-0.2, -0.15) is 0 Å². The van der Waals surface area contributed by atoms with Crippen LogP contribution in [0.15, 0.2) is 23.7 Å². The Hall–Kier alpha value is -2.12. The zero-order chi connectivity index (χ0) is 18.0. The molecule has 1 aliphatic heterocycles. The summed E-state index contributed by atoms with van der Waals surface area (Å²) < 4.78 is 0. The third-order valence-electron chi connectivity index (χ3n) is 4.26. The lowest BCUT2D eigenvalue weighted by molar-refractivity contribution is 0.0698. The Bertz CT molecular complexity index is 800. The fourth-order valence-electron chi connectivity index (χ4n) is 2.82. The summed E-state index contributed by atoms with van der Waals surface area (Å²) in [7, 11) is 0. The van der Waals surface area contributed by atoms with Gasteiger partial charge in [-0.1, -0.05) is 11.6 Å². The molecule has 2 amide bonds. The predicted molar refractivity (Wildman–Crippen MR) is 96.4 cm³/mol. The molecule has 132 valence electrons. The molecule has 1 aromatic carbocycles. The third kappa shape index (κ3) is 3.93. The summed E-state index contributed by atoms with van der Waals surface area (Å²) in [4.78, 5) is 31.2. The molecule has 0 saturated carbocycles. The van der Waals surface area contributed by atoms with Gasteiger partial charge in [0.2, 0.25) is 0 Å². The number of amides is 2. The topological polar surface area (TPSA) is 82.5 Å². The molecule has 2 N–H and O–H groups in total. The minimum absolute atomic E-state index is 0.0430. The summed E-state index contributed by atoms with van der Waals surface area (Å²) in [5, 5.41) is 12.6. The van der Waals surface area contributed by atoms with Crippen LogP contribution in [0, 0.1) is 6.92 Å². The zero-order valence-electron chi connectivity index (χ0n) is 13.7. The van der Waals surface area contributed by atoms with Gasteiger partial charge in [0.15, 0.2) is 0 Å². The van der Waals surface area contributed by atoms with Crippen molar-refractivity contribution in [2.75, 3.05) is 13.1 Å². The van der Waals surface area contributed by atoms with E-state index in [4.69, 9.17) is 11.6 Å². The zero-order valence-corrected chi connectivity index (χ0v) is 15.2. The maximum atomic E-state index is 12.5. The number of likely N-dealkylation sites (tertiary alicyclic amines) is 1. The Labute approximate surface area is 154 Å². The lowest BCUT2D eigenvalue weighted by Gasteiger charge is -2.32. The van der Waals surface area contributed by atoms with Gasteiger partial charge in [-0.25, -0.2) is 4.98 Å². The van der Waals surface area contributed by atoms with Crippen LogP contribution in [0.2, 0.25) is 5.02 Å². The number of thiazole rings is 1. The minimum Gasteiger partial charge on any atom is -0.506 e. The van der Waals surface area contributed by atoms with E-state index in [0.717, 1.165) is 5.69 Å². The quantitative estimate of drug-likeness (QED) is 0.859. The second-order valence-corrected chi connectivity index (χ2v) is 7.23. The molecule has 2 aromatic rings. The van der Waals surface area contributed by atoms with Gasteiger partial charge in [-0.3, -0.25) is 9.59 Å². The van der Waals surface area contributed by atoms with Crippen LogP contribution in [0.3, 0.4) is 0 Å². The van der Waals surface area contributed by atoms with Crippen LogP contribution in [0.5, 0.6) is 5.75 Å². The average molecular weight is 380 g/mol. The molecule has 1 aliphatic rings. The van der Waals surface area contributed by atoms with E-state index in [1.165, 1.54) is 23.5 Å². The number of aryl methyl sites for hydroxylation is 1. The van der Waals surface area contributed by atoms with Crippen LogP contribution in [-0.2, 0) is 0 Å². The smallest absolute Gasteiger partial charge is 0.263 e. The summed E-state index contributed by atoms with van der Waals surface area (Å²) in [5.74, 6) is -0.266. The van der Waals surface area contributed by atoms with Crippen LogP contribution in [0.4, 0.5) is 0 Å². The fourth-order valence-corrected chi connectivity index (χ4v) is 3.71. The molecule has 0 atom stereocenters. The van der Waals surface area contributed by atoms with Crippen LogP contribution in [-0.4, -0.2) is 45.9 Å². The standard InChI is InChI=1S/C17H18ClN3O3S/c1-10-15(25-9-19-10)16(23)20-12-4-6-21(7-5-12)17(24)11-2-3-14(22)13(18)8-11/h2-3,8-9,12,22H,4-7H2,1H3,(H,20,23). The number of aromatic hydroxyl groups is 1. The Morgan fingerprint density at radius 2 is 2.08 bits per heavy atom. The van der Waals surface area contributed by atoms with Crippen molar-refractivity contribution in [1.29, 1.82) is 0 Å². The summed E-state index contributed by atoms with van der Waals surface area (Å²) >= 11 is 7.20. The number of carbonyl (C=O) groups excluding carboxylic acids is 2. The number of hydrogen-bond donors (Lipinski definition) is 2. The van der Waals surface area contributed by atoms with E-state index < -0.39 is 0 Å². The first-order valence-corrected chi connectivity index (χ1v) is 9.20. The molecule has 1 aromatic heterocycles. The molecule has 0 radical (unpaired) electrons. The molecular formula is C17H18ClN3O3S. The summed E-state index contributed by atoms with van der Waals surface area (Å²) in [5.41, 5.74) is 2.85. The minimum atomic E-state index is -0.120. The molecule has 25 heavy (non-hydrogen) atoms. The SMILES string of the molecule is Cc1ncsc1C(=O)NC1CCN(C(=O)c2ccc(O)c(Cl)c2)CC1. The van der Waals surface area contributed by atoms with Crippen molar-refractivity contribution in [1.82, 2.24) is 15.2 Å². The van der Waals surface area contributed by atoms with Crippen molar-refractivity contribution in [3.63, 3.8) is 0 Å². The predicted octanol–water partition coefficient (Wildman–Crippen LogP) is 2.85. The number of nitrogens with zero attached hydrogens (tertiary/aromatic N) is 2. The van der Waals surface area contributed by atoms with E-state index in [0.29, 0.717) is 36.4 Å². The van der Waals surface area contributed by atoms with Crippen molar-refractivity contribution in [2.24, 2.45) is 0 Å². The monoisotopic (exact) mass is 379 g/mol. The van der Waals surface area contributed by atoms with Crippen molar-refractivity contribution in [3.8, 4) is 5.75 Å². The van der Waals surface area contributed by atoms with E-state index in [2.05, 4.69) is 10.3 Å². The molecule has 0 aliphatic carbocycles. The number of benzene rings is 1. The van der Waals surface area contributed by atoms with E-state index in [9.17, 15) is 14.7 Å². The van der Waals surface area contributed by atoms with Crippen LogP contribution in [0.25, 0.3) is 0 Å². The molecule has 0 bridgehead atoms. The molecule has 0 unspecified atom stereocenters. The van der Waals surface area contributed by atoms with Crippen LogP contribution >= 0.6 is 22.9 Å². The molecule has 1 fully saturated rings. The molecule has 3 rings (SSSR count). The number of piperidine rings is 1. The van der Waals surface area contributed by atoms with Gasteiger partial charge in [-0.05, 0) is 38.0 Å². The summed E-state index contributed by atoms with van der Waals surface area (Å²) in [6, 6.07) is 4.49. The summed E-state index contributed by atoms with van der Waals surface area (Å²) in [6.45, 7) is 2.93. The molecule has 2 heterocycles. The summed E-state index contributed by atoms with van der Waals surface area (Å²) in [6.07, 6.45) is 1.39. The Kier molecular flexibility index (Phi) is 5.24. The van der Waals surface area contributed by atoms with Crippen molar-refractivity contribution < 1.29 is 14.7 Å². The van der Waals surface area contributed by atoms with Gasteiger partial charge in [0.05, 0.1) is 16.2 Å². The number of phenolic OH excluding ortho intramolecular Hbond substituents is 1. The average Bonchev–Trinajstić information content (AvgIpc) is 3.03. The van der Waals surface area contributed by atoms with E-state index in [-0.39, 0.29) is 28.6 Å². The highest BCUT2D eigenvalue weighted by atomic mass is 35.5. The first kappa shape index (κ1) is 17.7. The van der Waals surface area contributed by atoms with E-state index in [1.54, 1.807) is 16.5 Å². The highest BCUT2D eigenvalue weighted by Crippen LogP contribution is 2.25. The lowest BCUT2D eigenvalue weighted by Crippen LogP contribution is -2.46. The lowest BCUT2D eigenvalue weighted by atomic mass is 10.0. The van der Waals surface area contributed by atoms with E-state index in [1.807, 2.05) is 6.92 Å². The van der Waals surface area contributed by atoms with Gasteiger partial charge in [0, 0.05) is 24.7 Å². The van der Waals surface area contributed by atoms with Gasteiger partial charge >= 0.3 is 0 Å². The van der Waals surface area contributed by atoms with Gasteiger partial charge in [-0.15, -0.1) is 11.3 Å². The number of carbonyl (C=O) groups is 2. The Morgan fingerprint density at radius 3 is 2.68 bits per heavy atom. The van der Waals surface area contributed by atoms with Gasteiger partial charge < -0.3 is 15.3 Å². The highest BCUT2D eigenvalue weighted by molar-refractivity contribution is 7.11. The Balaban J connectivity index is 1.56. The maximum Gasteiger partial charge on any atom is 0.263 e. The first-order valence-electron chi connectivity index (χ1n) is 7.94. The number of aromatic nitrogens is 1. The van der Waals surface area contributed by atoms with Crippen LogP contribution < -0.4 is 5.32 Å². The first-order chi connectivity index (χ1) is 12.0. The molecule has 6 nitrogen and oxygen atoms in total. The molecule has 0 spiro atoms. The number of hydrogen-bond acceptors (Lipinski definition) is 5. The normalized spacial score (nSPS) is 15.2. The number of phenols is 1. The van der Waals surface area contributed by atoms with Gasteiger partial charge in [0.25, 0.3) is 11.8 Å². The maximum absolute atomic E-state index is 12.5. The third-order valence-corrected chi connectivity index (χ3v) is 5.49. The molecule has 1 saturated heterocycles. The highest BCUT2D eigenvalue weighted by Gasteiger charge is 2.26.